The van der Waals surface area contributed by atoms with Crippen molar-refractivity contribution in [2.75, 3.05) is 16.8 Å². The van der Waals surface area contributed by atoms with Gasteiger partial charge in [-0.1, -0.05) is 5.16 Å². The van der Waals surface area contributed by atoms with Crippen LogP contribution in [-0.2, 0) is 11.2 Å². The fraction of sp³-hybridized carbons (Fsp3) is 0.350. The molecule has 0 saturated carbocycles. The Hall–Kier alpha value is -3.09. The summed E-state index contributed by atoms with van der Waals surface area (Å²) in [5.74, 6) is 1.23. The number of aromatic nitrogens is 2. The van der Waals surface area contributed by atoms with E-state index in [0.29, 0.717) is 29.9 Å². The number of benzene rings is 1. The fourth-order valence-electron chi connectivity index (χ4n) is 2.89. The second-order valence-corrected chi connectivity index (χ2v) is 6.46. The lowest BCUT2D eigenvalue weighted by Crippen LogP contribution is -2.30. The molecule has 0 saturated heterocycles. The van der Waals surface area contributed by atoms with Crippen molar-refractivity contribution in [3.05, 3.63) is 48.6 Å². The van der Waals surface area contributed by atoms with Crippen LogP contribution in [0.3, 0.4) is 0 Å². The Bertz CT molecular complexity index is 854. The average molecular weight is 368 g/mol. The van der Waals surface area contributed by atoms with E-state index in [-0.39, 0.29) is 12.3 Å². The first-order valence-corrected chi connectivity index (χ1v) is 9.10. The van der Waals surface area contributed by atoms with Crippen molar-refractivity contribution in [2.24, 2.45) is 0 Å². The van der Waals surface area contributed by atoms with Gasteiger partial charge in [-0.05, 0) is 57.2 Å². The first-order valence-electron chi connectivity index (χ1n) is 9.10. The number of hydrogen-bond donors (Lipinski definition) is 1. The van der Waals surface area contributed by atoms with Crippen LogP contribution in [0.2, 0.25) is 0 Å². The molecule has 1 amide bonds. The molecule has 0 aliphatic carbocycles. The van der Waals surface area contributed by atoms with Gasteiger partial charge in [-0.25, -0.2) is 0 Å². The first kappa shape index (κ1) is 18.7. The summed E-state index contributed by atoms with van der Waals surface area (Å²) in [7, 11) is 0. The quantitative estimate of drug-likeness (QED) is 0.643. The zero-order valence-electron chi connectivity index (χ0n) is 15.8. The van der Waals surface area contributed by atoms with E-state index in [1.807, 2.05) is 24.3 Å². The molecule has 142 valence electrons. The van der Waals surface area contributed by atoms with Crippen LogP contribution in [0.1, 0.15) is 33.1 Å². The second-order valence-electron chi connectivity index (χ2n) is 6.46. The van der Waals surface area contributed by atoms with Crippen LogP contribution >= 0.6 is 0 Å². The molecule has 2 aromatic heterocycles. The Balaban J connectivity index is 1.52. The minimum atomic E-state index is -0.100. The summed E-state index contributed by atoms with van der Waals surface area (Å²) >= 11 is 0. The molecule has 0 atom stereocenters. The maximum atomic E-state index is 12.2. The van der Waals surface area contributed by atoms with Crippen molar-refractivity contribution in [3.8, 4) is 11.6 Å². The number of aryl methyl sites for hydroxylation is 1. The highest BCUT2D eigenvalue weighted by atomic mass is 16.5. The number of rotatable bonds is 8. The van der Waals surface area contributed by atoms with Crippen molar-refractivity contribution in [2.45, 2.75) is 39.7 Å². The van der Waals surface area contributed by atoms with E-state index in [1.165, 1.54) is 0 Å². The smallest absolute Gasteiger partial charge is 0.238 e. The molecule has 0 fully saturated rings. The molecule has 7 nitrogen and oxygen atoms in total. The normalized spacial score (nSPS) is 11.0. The fourth-order valence-corrected chi connectivity index (χ4v) is 2.89. The molecule has 3 aromatic rings. The third kappa shape index (κ3) is 4.75. The maximum Gasteiger partial charge on any atom is 0.238 e. The summed E-state index contributed by atoms with van der Waals surface area (Å²) in [6.45, 7) is 7.39. The molecular formula is C20H24N4O3. The lowest BCUT2D eigenvalue weighted by molar-refractivity contribution is -0.116. The Labute approximate surface area is 158 Å². The highest BCUT2D eigenvalue weighted by Crippen LogP contribution is 2.20. The standard InChI is InChI=1S/C20H24N4O3/c1-4-24(14(2)3)16-9-7-15(8-10-16)21-18(25)11-12-19-22-20(23-27-19)17-6-5-13-26-17/h5-10,13-14H,4,11-12H2,1-3H3,(H,21,25). The monoisotopic (exact) mass is 368 g/mol. The van der Waals surface area contributed by atoms with Crippen LogP contribution < -0.4 is 10.2 Å². The predicted octanol–water partition coefficient (Wildman–Crippen LogP) is 4.14. The van der Waals surface area contributed by atoms with Gasteiger partial charge in [0.15, 0.2) is 5.76 Å². The van der Waals surface area contributed by atoms with Crippen LogP contribution in [0.15, 0.2) is 51.6 Å². The van der Waals surface area contributed by atoms with Gasteiger partial charge in [0.25, 0.3) is 0 Å². The summed E-state index contributed by atoms with van der Waals surface area (Å²) < 4.78 is 10.4. The lowest BCUT2D eigenvalue weighted by atomic mass is 10.2. The molecule has 1 aromatic carbocycles. The maximum absolute atomic E-state index is 12.2. The van der Waals surface area contributed by atoms with Gasteiger partial charge in [0, 0.05) is 36.8 Å². The zero-order valence-corrected chi connectivity index (χ0v) is 15.8. The molecule has 2 heterocycles. The third-order valence-corrected chi connectivity index (χ3v) is 4.22. The van der Waals surface area contributed by atoms with Crippen molar-refractivity contribution in [1.29, 1.82) is 0 Å². The highest BCUT2D eigenvalue weighted by Gasteiger charge is 2.13. The van der Waals surface area contributed by atoms with Gasteiger partial charge in [0.2, 0.25) is 17.6 Å². The van der Waals surface area contributed by atoms with Gasteiger partial charge in [0.1, 0.15) is 0 Å². The third-order valence-electron chi connectivity index (χ3n) is 4.22. The SMILES string of the molecule is CCN(c1ccc(NC(=O)CCc2nc(-c3ccco3)no2)cc1)C(C)C. The number of furan rings is 1. The molecule has 0 aliphatic rings. The Morgan fingerprint density at radius 2 is 2.00 bits per heavy atom. The number of anilines is 2. The Morgan fingerprint density at radius 1 is 1.22 bits per heavy atom. The topological polar surface area (TPSA) is 84.4 Å². The number of nitrogens with zero attached hydrogens (tertiary/aromatic N) is 3. The van der Waals surface area contributed by atoms with Crippen LogP contribution in [-0.4, -0.2) is 28.6 Å². The summed E-state index contributed by atoms with van der Waals surface area (Å²) in [5, 5.41) is 6.75. The second kappa shape index (κ2) is 8.53. The molecular weight excluding hydrogens is 344 g/mol. The lowest BCUT2D eigenvalue weighted by Gasteiger charge is -2.27. The van der Waals surface area contributed by atoms with Crippen LogP contribution in [0.25, 0.3) is 11.6 Å². The van der Waals surface area contributed by atoms with E-state index in [2.05, 4.69) is 41.1 Å². The van der Waals surface area contributed by atoms with Crippen molar-refractivity contribution in [3.63, 3.8) is 0 Å². The van der Waals surface area contributed by atoms with E-state index >= 15 is 0 Å². The molecule has 1 N–H and O–H groups in total. The van der Waals surface area contributed by atoms with Gasteiger partial charge in [-0.15, -0.1) is 0 Å². The summed E-state index contributed by atoms with van der Waals surface area (Å²) in [6, 6.07) is 11.8. The Morgan fingerprint density at radius 3 is 2.63 bits per heavy atom. The Kier molecular flexibility index (Phi) is 5.90. The number of carbonyl (C=O) groups is 1. The summed E-state index contributed by atoms with van der Waals surface area (Å²) in [4.78, 5) is 18.7. The zero-order chi connectivity index (χ0) is 19.2. The number of amides is 1. The van der Waals surface area contributed by atoms with E-state index in [0.717, 1.165) is 17.9 Å². The molecule has 0 radical (unpaired) electrons. The first-order chi connectivity index (χ1) is 13.1. The van der Waals surface area contributed by atoms with Gasteiger partial charge < -0.3 is 19.2 Å². The van der Waals surface area contributed by atoms with Crippen molar-refractivity contribution >= 4 is 17.3 Å². The summed E-state index contributed by atoms with van der Waals surface area (Å²) in [5.41, 5.74) is 1.91. The average Bonchev–Trinajstić information content (AvgIpc) is 3.33. The molecule has 3 rings (SSSR count). The summed E-state index contributed by atoms with van der Waals surface area (Å²) in [6.07, 6.45) is 2.17. The van der Waals surface area contributed by atoms with Crippen LogP contribution in [0.5, 0.6) is 0 Å². The van der Waals surface area contributed by atoms with Crippen molar-refractivity contribution in [1.82, 2.24) is 10.1 Å². The minimum Gasteiger partial charge on any atom is -0.461 e. The molecule has 0 unspecified atom stereocenters. The van der Waals surface area contributed by atoms with Crippen molar-refractivity contribution < 1.29 is 13.7 Å². The molecule has 7 heteroatoms. The predicted molar refractivity (Wildman–Crippen MR) is 104 cm³/mol. The molecule has 0 bridgehead atoms. The van der Waals surface area contributed by atoms with Gasteiger partial charge in [0.05, 0.1) is 6.26 Å². The highest BCUT2D eigenvalue weighted by molar-refractivity contribution is 5.90. The van der Waals surface area contributed by atoms with Gasteiger partial charge in [-0.2, -0.15) is 4.98 Å². The molecule has 0 spiro atoms. The number of carbonyl (C=O) groups excluding carboxylic acids is 1. The number of hydrogen-bond acceptors (Lipinski definition) is 6. The van der Waals surface area contributed by atoms with Crippen LogP contribution in [0.4, 0.5) is 11.4 Å². The van der Waals surface area contributed by atoms with E-state index in [9.17, 15) is 4.79 Å². The van der Waals surface area contributed by atoms with E-state index in [4.69, 9.17) is 8.94 Å². The largest absolute Gasteiger partial charge is 0.461 e. The minimum absolute atomic E-state index is 0.100. The number of nitrogens with one attached hydrogen (secondary N) is 1. The molecule has 0 aliphatic heterocycles. The van der Waals surface area contributed by atoms with E-state index < -0.39 is 0 Å². The van der Waals surface area contributed by atoms with E-state index in [1.54, 1.807) is 18.4 Å². The van der Waals surface area contributed by atoms with Gasteiger partial charge >= 0.3 is 0 Å². The molecule has 27 heavy (non-hydrogen) atoms. The van der Waals surface area contributed by atoms with Crippen LogP contribution in [0, 0.1) is 0 Å². The van der Waals surface area contributed by atoms with Gasteiger partial charge in [-0.3, -0.25) is 4.79 Å².